The summed E-state index contributed by atoms with van der Waals surface area (Å²) in [4.78, 5) is 3.97. The van der Waals surface area contributed by atoms with Crippen LogP contribution in [0.15, 0.2) is 6.33 Å². The maximum atomic E-state index is 5.07. The van der Waals surface area contributed by atoms with Crippen LogP contribution in [0.1, 0.15) is 18.8 Å². The van der Waals surface area contributed by atoms with E-state index in [1.54, 1.807) is 0 Å². The fourth-order valence-electron chi connectivity index (χ4n) is 0.732. The zero-order valence-corrected chi connectivity index (χ0v) is 6.33. The average molecular weight is 150 g/mol. The number of rotatable bonds is 3. The van der Waals surface area contributed by atoms with E-state index in [-0.39, 0.29) is 6.04 Å². The summed E-state index contributed by atoms with van der Waals surface area (Å²) in [6.45, 7) is 2.51. The molecule has 0 aromatic carbocycles. The fraction of sp³-hybridized carbons (Fsp3) is 0.429. The molecule has 0 fully saturated rings. The van der Waals surface area contributed by atoms with E-state index in [1.807, 2.05) is 6.92 Å². The first-order valence-corrected chi connectivity index (χ1v) is 3.36. The lowest BCUT2D eigenvalue weighted by Gasteiger charge is -2.06. The number of aromatic nitrogens is 3. The summed E-state index contributed by atoms with van der Waals surface area (Å²) in [6.07, 6.45) is 6.55. The Morgan fingerprint density at radius 3 is 3.27 bits per heavy atom. The van der Waals surface area contributed by atoms with Gasteiger partial charge in [0.05, 0.1) is 12.6 Å². The van der Waals surface area contributed by atoms with E-state index in [0.717, 1.165) is 5.82 Å². The number of hydrogen-bond donors (Lipinski definition) is 2. The van der Waals surface area contributed by atoms with Crippen LogP contribution in [-0.2, 0) is 0 Å². The zero-order valence-electron chi connectivity index (χ0n) is 6.33. The molecular formula is C7H10N4. The highest BCUT2D eigenvalue weighted by molar-refractivity contribution is 4.93. The number of terminal acetylenes is 1. The van der Waals surface area contributed by atoms with E-state index < -0.39 is 0 Å². The first-order chi connectivity index (χ1) is 5.34. The summed E-state index contributed by atoms with van der Waals surface area (Å²) in [7, 11) is 0. The van der Waals surface area contributed by atoms with Crippen LogP contribution in [0.25, 0.3) is 0 Å². The highest BCUT2D eigenvalue weighted by Crippen LogP contribution is 2.01. The predicted molar refractivity (Wildman–Crippen MR) is 41.6 cm³/mol. The molecule has 0 saturated heterocycles. The van der Waals surface area contributed by atoms with Crippen molar-refractivity contribution in [1.29, 1.82) is 0 Å². The molecule has 4 heteroatoms. The highest BCUT2D eigenvalue weighted by Gasteiger charge is 2.04. The van der Waals surface area contributed by atoms with Gasteiger partial charge in [-0.15, -0.1) is 6.42 Å². The topological polar surface area (TPSA) is 53.6 Å². The minimum Gasteiger partial charge on any atom is -0.297 e. The number of aromatic amines is 1. The van der Waals surface area contributed by atoms with Crippen molar-refractivity contribution in [3.63, 3.8) is 0 Å². The molecule has 1 aromatic heterocycles. The summed E-state index contributed by atoms with van der Waals surface area (Å²) in [5.74, 6) is 3.29. The van der Waals surface area contributed by atoms with Gasteiger partial charge in [-0.05, 0) is 6.92 Å². The number of nitrogens with one attached hydrogen (secondary N) is 2. The number of H-pyrrole nitrogens is 1. The molecule has 1 aromatic rings. The van der Waals surface area contributed by atoms with Gasteiger partial charge < -0.3 is 0 Å². The van der Waals surface area contributed by atoms with Crippen molar-refractivity contribution in [2.75, 3.05) is 6.54 Å². The molecule has 0 aliphatic heterocycles. The van der Waals surface area contributed by atoms with Gasteiger partial charge in [-0.25, -0.2) is 4.98 Å². The van der Waals surface area contributed by atoms with Crippen LogP contribution in [0.3, 0.4) is 0 Å². The molecule has 58 valence electrons. The molecule has 11 heavy (non-hydrogen) atoms. The van der Waals surface area contributed by atoms with Crippen LogP contribution in [0, 0.1) is 12.3 Å². The summed E-state index contributed by atoms with van der Waals surface area (Å²) >= 11 is 0. The lowest BCUT2D eigenvalue weighted by Crippen LogP contribution is -2.19. The van der Waals surface area contributed by atoms with Crippen molar-refractivity contribution < 1.29 is 0 Å². The molecule has 1 heterocycles. The first-order valence-electron chi connectivity index (χ1n) is 3.36. The predicted octanol–water partition coefficient (Wildman–Crippen LogP) is 0.0885. The van der Waals surface area contributed by atoms with Gasteiger partial charge in [0.2, 0.25) is 0 Å². The number of nitrogens with zero attached hydrogens (tertiary/aromatic N) is 2. The molecule has 0 bridgehead atoms. The Morgan fingerprint density at radius 2 is 2.73 bits per heavy atom. The van der Waals surface area contributed by atoms with Crippen molar-refractivity contribution >= 4 is 0 Å². The van der Waals surface area contributed by atoms with Crippen molar-refractivity contribution in [1.82, 2.24) is 20.5 Å². The molecule has 0 saturated carbocycles. The van der Waals surface area contributed by atoms with Gasteiger partial charge in [-0.1, -0.05) is 5.92 Å². The third kappa shape index (κ3) is 2.06. The molecular weight excluding hydrogens is 140 g/mol. The molecule has 1 unspecified atom stereocenters. The lowest BCUT2D eigenvalue weighted by atomic mass is 10.3. The van der Waals surface area contributed by atoms with E-state index in [4.69, 9.17) is 6.42 Å². The summed E-state index contributed by atoms with van der Waals surface area (Å²) in [5, 5.41) is 9.54. The van der Waals surface area contributed by atoms with Crippen LogP contribution in [0.4, 0.5) is 0 Å². The summed E-state index contributed by atoms with van der Waals surface area (Å²) in [5.41, 5.74) is 0. The van der Waals surface area contributed by atoms with Crippen molar-refractivity contribution in [3.05, 3.63) is 12.2 Å². The Morgan fingerprint density at radius 1 is 1.91 bits per heavy atom. The smallest absolute Gasteiger partial charge is 0.141 e. The molecule has 0 spiro atoms. The van der Waals surface area contributed by atoms with Crippen molar-refractivity contribution in [2.24, 2.45) is 0 Å². The van der Waals surface area contributed by atoms with Crippen LogP contribution in [-0.4, -0.2) is 21.7 Å². The van der Waals surface area contributed by atoms with E-state index in [1.165, 1.54) is 6.33 Å². The van der Waals surface area contributed by atoms with Gasteiger partial charge in [0.1, 0.15) is 12.2 Å². The Kier molecular flexibility index (Phi) is 2.64. The van der Waals surface area contributed by atoms with Crippen molar-refractivity contribution in [2.45, 2.75) is 13.0 Å². The number of hydrogen-bond acceptors (Lipinski definition) is 3. The minimum atomic E-state index is 0.133. The molecule has 0 aliphatic rings. The minimum absolute atomic E-state index is 0.133. The molecule has 1 atom stereocenters. The molecule has 0 aliphatic carbocycles. The van der Waals surface area contributed by atoms with E-state index in [2.05, 4.69) is 26.4 Å². The second kappa shape index (κ2) is 3.74. The molecule has 4 nitrogen and oxygen atoms in total. The quantitative estimate of drug-likeness (QED) is 0.600. The normalized spacial score (nSPS) is 12.4. The van der Waals surface area contributed by atoms with Crippen LogP contribution >= 0.6 is 0 Å². The van der Waals surface area contributed by atoms with Crippen molar-refractivity contribution in [3.8, 4) is 12.3 Å². The van der Waals surface area contributed by atoms with Crippen LogP contribution < -0.4 is 5.32 Å². The SMILES string of the molecule is C#CCNC(C)c1ncn[nH]1. The zero-order chi connectivity index (χ0) is 8.10. The Labute approximate surface area is 65.4 Å². The van der Waals surface area contributed by atoms with E-state index >= 15 is 0 Å². The van der Waals surface area contributed by atoms with Gasteiger partial charge in [0.15, 0.2) is 0 Å². The highest BCUT2D eigenvalue weighted by atomic mass is 15.2. The molecule has 0 amide bonds. The van der Waals surface area contributed by atoms with Gasteiger partial charge in [-0.3, -0.25) is 10.4 Å². The van der Waals surface area contributed by atoms with E-state index in [9.17, 15) is 0 Å². The molecule has 2 N–H and O–H groups in total. The third-order valence-corrected chi connectivity index (χ3v) is 1.35. The van der Waals surface area contributed by atoms with Gasteiger partial charge in [-0.2, -0.15) is 5.10 Å². The van der Waals surface area contributed by atoms with Gasteiger partial charge in [0.25, 0.3) is 0 Å². The fourth-order valence-corrected chi connectivity index (χ4v) is 0.732. The maximum Gasteiger partial charge on any atom is 0.141 e. The first kappa shape index (κ1) is 7.76. The Bertz CT molecular complexity index is 233. The Hall–Kier alpha value is -1.34. The second-order valence-corrected chi connectivity index (χ2v) is 2.18. The molecule has 1 rings (SSSR count). The molecule has 0 radical (unpaired) electrons. The van der Waals surface area contributed by atoms with E-state index in [0.29, 0.717) is 6.54 Å². The standard InChI is InChI=1S/C7H10N4/c1-3-4-8-6(2)7-9-5-10-11-7/h1,5-6,8H,4H2,2H3,(H,9,10,11). The third-order valence-electron chi connectivity index (χ3n) is 1.35. The van der Waals surface area contributed by atoms with Crippen LogP contribution in [0.5, 0.6) is 0 Å². The monoisotopic (exact) mass is 150 g/mol. The largest absolute Gasteiger partial charge is 0.297 e. The Balaban J connectivity index is 2.44. The maximum absolute atomic E-state index is 5.07. The van der Waals surface area contributed by atoms with Crippen LogP contribution in [0.2, 0.25) is 0 Å². The summed E-state index contributed by atoms with van der Waals surface area (Å²) < 4.78 is 0. The lowest BCUT2D eigenvalue weighted by molar-refractivity contribution is 0.589. The average Bonchev–Trinajstić information content (AvgIpc) is 2.52. The van der Waals surface area contributed by atoms with Gasteiger partial charge >= 0.3 is 0 Å². The summed E-state index contributed by atoms with van der Waals surface area (Å²) in [6, 6.07) is 0.133. The van der Waals surface area contributed by atoms with Gasteiger partial charge in [0, 0.05) is 0 Å². The second-order valence-electron chi connectivity index (χ2n) is 2.18.